The van der Waals surface area contributed by atoms with Crippen molar-refractivity contribution in [2.24, 2.45) is 0 Å². The van der Waals surface area contributed by atoms with Crippen LogP contribution < -0.4 is 14.5 Å². The summed E-state index contributed by atoms with van der Waals surface area (Å²) >= 11 is 0. The number of benzene rings is 1. The predicted octanol–water partition coefficient (Wildman–Crippen LogP) is 2.43. The van der Waals surface area contributed by atoms with Crippen LogP contribution in [0.2, 0.25) is 0 Å². The summed E-state index contributed by atoms with van der Waals surface area (Å²) in [7, 11) is -4.83. The van der Waals surface area contributed by atoms with Crippen LogP contribution in [0.1, 0.15) is 19.8 Å². The molecule has 16 heteroatoms. The molecule has 1 aromatic carbocycles. The van der Waals surface area contributed by atoms with Crippen LogP contribution in [-0.2, 0) is 23.4 Å². The van der Waals surface area contributed by atoms with E-state index in [2.05, 4.69) is 14.2 Å². The highest BCUT2D eigenvalue weighted by atomic mass is 31.2. The lowest BCUT2D eigenvalue weighted by molar-refractivity contribution is -0.134. The average Bonchev–Trinajstić information content (AvgIpc) is 3.50. The number of ketones is 1. The molecule has 2 aliphatic rings. The Bertz CT molecular complexity index is 1260. The monoisotopic (exact) mass is 546 g/mol. The summed E-state index contributed by atoms with van der Waals surface area (Å²) < 4.78 is 73.0. The summed E-state index contributed by atoms with van der Waals surface area (Å²) in [5.74, 6) is -5.60. The van der Waals surface area contributed by atoms with Crippen LogP contribution >= 0.6 is 7.75 Å². The first-order valence-corrected chi connectivity index (χ1v) is 12.5. The van der Waals surface area contributed by atoms with E-state index in [1.807, 2.05) is 0 Å². The maximum Gasteiger partial charge on any atom is 0.490 e. The molecular formula is C21H22F3N4O8P. The van der Waals surface area contributed by atoms with Crippen molar-refractivity contribution in [2.45, 2.75) is 32.3 Å². The van der Waals surface area contributed by atoms with Gasteiger partial charge in [-0.3, -0.25) is 14.5 Å². The van der Waals surface area contributed by atoms with E-state index in [1.54, 1.807) is 0 Å². The fraction of sp³-hybridized carbons (Fsp3) is 0.381. The highest BCUT2D eigenvalue weighted by Gasteiger charge is 2.42. The highest BCUT2D eigenvalue weighted by molar-refractivity contribution is 7.55. The second-order valence-electron chi connectivity index (χ2n) is 8.06. The summed E-state index contributed by atoms with van der Waals surface area (Å²) in [4.78, 5) is 35.3. The Kier molecular flexibility index (Phi) is 7.59. The molecule has 0 aliphatic carbocycles. The maximum absolute atomic E-state index is 15.0. The second kappa shape index (κ2) is 10.5. The third-order valence-corrected chi connectivity index (χ3v) is 7.03. The molecular weight excluding hydrogens is 524 g/mol. The summed E-state index contributed by atoms with van der Waals surface area (Å²) in [6, 6.07) is 1.87. The zero-order valence-corrected chi connectivity index (χ0v) is 20.2. The molecule has 0 radical (unpaired) electrons. The Morgan fingerprint density at radius 2 is 2.11 bits per heavy atom. The largest absolute Gasteiger partial charge is 0.490 e. The van der Waals surface area contributed by atoms with Gasteiger partial charge in [0, 0.05) is 37.7 Å². The molecule has 0 amide bonds. The van der Waals surface area contributed by atoms with Crippen molar-refractivity contribution in [1.82, 2.24) is 5.16 Å². The van der Waals surface area contributed by atoms with Crippen molar-refractivity contribution in [1.29, 1.82) is 0 Å². The molecule has 0 bridgehead atoms. The van der Waals surface area contributed by atoms with Crippen molar-refractivity contribution in [3.63, 3.8) is 0 Å². The number of rotatable bonds is 8. The van der Waals surface area contributed by atoms with E-state index in [1.165, 1.54) is 13.0 Å². The number of ether oxygens (including phenoxy) is 1. The second-order valence-corrected chi connectivity index (χ2v) is 9.71. The fourth-order valence-corrected chi connectivity index (χ4v) is 5.06. The number of anilines is 3. The lowest BCUT2D eigenvalue weighted by Gasteiger charge is -2.27. The summed E-state index contributed by atoms with van der Waals surface area (Å²) in [5, 5.41) is 13.9. The molecule has 2 aliphatic heterocycles. The number of carbonyl (C=O) groups is 2. The van der Waals surface area contributed by atoms with Gasteiger partial charge in [-0.25, -0.2) is 22.4 Å². The van der Waals surface area contributed by atoms with Crippen LogP contribution in [0.3, 0.4) is 0 Å². The Labute approximate surface area is 208 Å². The molecule has 1 saturated heterocycles. The number of nitrogens with zero attached hydrogens (tertiary/aromatic N) is 4. The van der Waals surface area contributed by atoms with Gasteiger partial charge >= 0.3 is 13.7 Å². The van der Waals surface area contributed by atoms with Crippen molar-refractivity contribution in [2.75, 3.05) is 34.1 Å². The molecule has 3 heterocycles. The lowest BCUT2D eigenvalue weighted by atomic mass is 10.1. The zero-order valence-electron chi connectivity index (χ0n) is 19.3. The van der Waals surface area contributed by atoms with E-state index in [0.717, 1.165) is 28.3 Å². The molecule has 2 aromatic rings. The minimum atomic E-state index is -4.83. The van der Waals surface area contributed by atoms with E-state index < -0.39 is 61.6 Å². The zero-order chi connectivity index (χ0) is 26.9. The van der Waals surface area contributed by atoms with E-state index in [9.17, 15) is 32.9 Å². The van der Waals surface area contributed by atoms with Crippen molar-refractivity contribution in [3.8, 4) is 0 Å². The first kappa shape index (κ1) is 26.7. The van der Waals surface area contributed by atoms with Crippen LogP contribution in [-0.4, -0.2) is 59.1 Å². The van der Waals surface area contributed by atoms with Crippen LogP contribution in [0, 0.1) is 17.5 Å². The van der Waals surface area contributed by atoms with E-state index in [0.29, 0.717) is 10.7 Å². The summed E-state index contributed by atoms with van der Waals surface area (Å²) in [5.41, 5.74) is -1.37. The van der Waals surface area contributed by atoms with Gasteiger partial charge in [0.25, 0.3) is 0 Å². The minimum absolute atomic E-state index is 0.0105. The Morgan fingerprint density at radius 3 is 2.73 bits per heavy atom. The van der Waals surface area contributed by atoms with Crippen LogP contribution in [0.5, 0.6) is 0 Å². The van der Waals surface area contributed by atoms with E-state index in [4.69, 9.17) is 4.74 Å². The van der Waals surface area contributed by atoms with Gasteiger partial charge in [-0.05, 0) is 6.08 Å². The van der Waals surface area contributed by atoms with Gasteiger partial charge in [0.1, 0.15) is 12.0 Å². The first-order chi connectivity index (χ1) is 17.5. The third-order valence-electron chi connectivity index (χ3n) is 5.61. The Balaban J connectivity index is 1.57. The van der Waals surface area contributed by atoms with Crippen molar-refractivity contribution in [3.05, 3.63) is 48.1 Å². The number of allylic oxidation sites excluding steroid dienone is 1. The van der Waals surface area contributed by atoms with E-state index in [-0.39, 0.29) is 37.5 Å². The molecule has 37 heavy (non-hydrogen) atoms. The van der Waals surface area contributed by atoms with Crippen molar-refractivity contribution < 1.29 is 51.1 Å². The molecule has 1 aromatic heterocycles. The number of halogens is 3. The number of aliphatic hydroxyl groups is 1. The van der Waals surface area contributed by atoms with Gasteiger partial charge in [-0.2, -0.15) is 0 Å². The van der Waals surface area contributed by atoms with Gasteiger partial charge in [0.15, 0.2) is 29.1 Å². The van der Waals surface area contributed by atoms with E-state index >= 15 is 4.39 Å². The fourth-order valence-electron chi connectivity index (χ4n) is 3.81. The van der Waals surface area contributed by atoms with Gasteiger partial charge < -0.3 is 28.7 Å². The number of hydrogen-bond acceptors (Lipinski definition) is 10. The number of hydrogen-bond donors (Lipinski definition) is 2. The molecule has 4 rings (SSSR count). The standard InChI is InChI=1S/C21H22F3N4O8P/c1-2-17(30)36-37(32,33)28(16-5-8-34-25-16)11-13-10-27(21(31)35-13)15-9-14(22)20(19(24)18(15)23)26-6-3-12(29)4-7-26/h3,5-6,8-9,13,21,31H,2,4,7,10-11H2,1H3,(H,32,33)/t13-,21?/m1/s1. The normalized spacial score (nSPS) is 21.3. The topological polar surface area (TPSA) is 146 Å². The Hall–Kier alpha value is -3.39. The molecule has 0 spiro atoms. The molecule has 0 saturated carbocycles. The summed E-state index contributed by atoms with van der Waals surface area (Å²) in [6.07, 6.45) is 0.128. The Morgan fingerprint density at radius 1 is 1.35 bits per heavy atom. The molecule has 3 atom stereocenters. The van der Waals surface area contributed by atoms with Crippen LogP contribution in [0.4, 0.5) is 30.4 Å². The highest BCUT2D eigenvalue weighted by Crippen LogP contribution is 2.49. The van der Waals surface area contributed by atoms with Gasteiger partial charge in [0.2, 0.25) is 6.41 Å². The lowest BCUT2D eigenvalue weighted by Crippen LogP contribution is -2.35. The minimum Gasteiger partial charge on any atom is -0.376 e. The van der Waals surface area contributed by atoms with Gasteiger partial charge in [-0.1, -0.05) is 12.1 Å². The average molecular weight is 546 g/mol. The number of carbonyl (C=O) groups excluding carboxylic acids is 2. The SMILES string of the molecule is CCC(=O)OP(=O)(O)N(C[C@H]1CN(c2cc(F)c(N3C=CC(=O)CC3)c(F)c2F)C(O)O1)c1ccon1. The maximum atomic E-state index is 15.0. The molecule has 2 N–H and O–H groups in total. The first-order valence-electron chi connectivity index (χ1n) is 11.0. The van der Waals surface area contributed by atoms with Gasteiger partial charge in [-0.15, -0.1) is 0 Å². The number of aliphatic hydroxyl groups excluding tert-OH is 1. The molecule has 12 nitrogen and oxygen atoms in total. The smallest absolute Gasteiger partial charge is 0.376 e. The molecule has 2 unspecified atom stereocenters. The predicted molar refractivity (Wildman–Crippen MR) is 121 cm³/mol. The van der Waals surface area contributed by atoms with Crippen LogP contribution in [0.15, 0.2) is 35.2 Å². The van der Waals surface area contributed by atoms with Gasteiger partial charge in [0.05, 0.1) is 24.9 Å². The molecule has 200 valence electrons. The third kappa shape index (κ3) is 5.49. The number of aromatic nitrogens is 1. The van der Waals surface area contributed by atoms with Crippen molar-refractivity contribution >= 4 is 36.7 Å². The van der Waals surface area contributed by atoms with Crippen LogP contribution in [0.25, 0.3) is 0 Å². The quantitative estimate of drug-likeness (QED) is 0.370. The summed E-state index contributed by atoms with van der Waals surface area (Å²) in [6.45, 7) is 0.462. The molecule has 1 fully saturated rings.